The van der Waals surface area contributed by atoms with Gasteiger partial charge in [-0.25, -0.2) is 4.79 Å². The van der Waals surface area contributed by atoms with Crippen LogP contribution in [0.5, 0.6) is 0 Å². The fraction of sp³-hybridized carbons (Fsp3) is 0.407. The van der Waals surface area contributed by atoms with Crippen molar-refractivity contribution in [3.63, 3.8) is 0 Å². The number of anilines is 1. The summed E-state index contributed by atoms with van der Waals surface area (Å²) < 4.78 is 0. The first kappa shape index (κ1) is 27.4. The Morgan fingerprint density at radius 1 is 1.03 bits per heavy atom. The molecule has 7 nitrogen and oxygen atoms in total. The van der Waals surface area contributed by atoms with Crippen molar-refractivity contribution in [2.24, 2.45) is 5.41 Å². The highest BCUT2D eigenvalue weighted by Gasteiger charge is 2.55. The zero-order chi connectivity index (χ0) is 26.8. The number of rotatable bonds is 8. The summed E-state index contributed by atoms with van der Waals surface area (Å²) in [5, 5.41) is 16.7. The molecule has 2 aromatic rings. The normalized spacial score (nSPS) is 18.5. The minimum absolute atomic E-state index is 0.0801. The SMILES string of the molecule is CC[C@@](Cc1ccc(NC(=O)c2c(Cl)cncc2Cl)cc1)(NC1=C(Cl)C(=O)C12CCCCCC2)C(=O)O. The van der Waals surface area contributed by atoms with Crippen molar-refractivity contribution in [1.82, 2.24) is 10.3 Å². The number of hydrogen-bond donors (Lipinski definition) is 3. The van der Waals surface area contributed by atoms with Crippen LogP contribution in [0.25, 0.3) is 0 Å². The Hall–Kier alpha value is -2.61. The minimum Gasteiger partial charge on any atom is -0.479 e. The third kappa shape index (κ3) is 5.22. The minimum atomic E-state index is -1.35. The Bertz CT molecular complexity index is 1230. The molecule has 1 spiro atoms. The number of benzene rings is 1. The molecule has 0 saturated heterocycles. The van der Waals surface area contributed by atoms with Gasteiger partial charge in [-0.2, -0.15) is 0 Å². The van der Waals surface area contributed by atoms with Crippen molar-refractivity contribution in [1.29, 1.82) is 0 Å². The molecule has 0 bridgehead atoms. The van der Waals surface area contributed by atoms with Crippen molar-refractivity contribution in [3.05, 3.63) is 68.6 Å². The van der Waals surface area contributed by atoms with E-state index in [0.717, 1.165) is 31.2 Å². The number of allylic oxidation sites excluding steroid dienone is 2. The maximum atomic E-state index is 12.8. The molecule has 1 aromatic carbocycles. The van der Waals surface area contributed by atoms with E-state index in [9.17, 15) is 19.5 Å². The van der Waals surface area contributed by atoms with Crippen molar-refractivity contribution in [2.45, 2.75) is 63.8 Å². The molecule has 0 radical (unpaired) electrons. The number of carboxylic acid groups (broad SMARTS) is 1. The number of nitrogens with one attached hydrogen (secondary N) is 2. The lowest BCUT2D eigenvalue weighted by atomic mass is 9.65. The Kier molecular flexibility index (Phi) is 8.17. The molecule has 1 heterocycles. The molecule has 2 aliphatic rings. The van der Waals surface area contributed by atoms with Crippen LogP contribution >= 0.6 is 34.8 Å². The lowest BCUT2D eigenvalue weighted by molar-refractivity contribution is -0.145. The zero-order valence-electron chi connectivity index (χ0n) is 20.4. The zero-order valence-corrected chi connectivity index (χ0v) is 22.6. The summed E-state index contributed by atoms with van der Waals surface area (Å²) in [4.78, 5) is 41.9. The number of hydrogen-bond acceptors (Lipinski definition) is 5. The van der Waals surface area contributed by atoms with Crippen molar-refractivity contribution in [3.8, 4) is 0 Å². The molecule has 37 heavy (non-hydrogen) atoms. The largest absolute Gasteiger partial charge is 0.479 e. The number of amides is 1. The van der Waals surface area contributed by atoms with Crippen LogP contribution < -0.4 is 10.6 Å². The molecule has 4 rings (SSSR count). The lowest BCUT2D eigenvalue weighted by Gasteiger charge is -2.46. The molecule has 0 aliphatic heterocycles. The Labute approximate surface area is 230 Å². The molecule has 10 heteroatoms. The highest BCUT2D eigenvalue weighted by atomic mass is 35.5. The van der Waals surface area contributed by atoms with Gasteiger partial charge in [0, 0.05) is 30.2 Å². The molecule has 1 amide bonds. The summed E-state index contributed by atoms with van der Waals surface area (Å²) in [6, 6.07) is 6.88. The second-order valence-electron chi connectivity index (χ2n) is 9.69. The number of carboxylic acids is 1. The van der Waals surface area contributed by atoms with Gasteiger partial charge in [0.1, 0.15) is 10.6 Å². The van der Waals surface area contributed by atoms with Gasteiger partial charge in [0.05, 0.1) is 21.0 Å². The number of pyridine rings is 1. The highest BCUT2D eigenvalue weighted by molar-refractivity contribution is 6.47. The van der Waals surface area contributed by atoms with Crippen LogP contribution in [0.15, 0.2) is 47.4 Å². The van der Waals surface area contributed by atoms with E-state index >= 15 is 0 Å². The van der Waals surface area contributed by atoms with E-state index in [-0.39, 0.29) is 39.3 Å². The first-order valence-corrected chi connectivity index (χ1v) is 13.4. The molecule has 1 atom stereocenters. The maximum Gasteiger partial charge on any atom is 0.329 e. The van der Waals surface area contributed by atoms with Gasteiger partial charge in [0.25, 0.3) is 5.91 Å². The molecule has 1 saturated carbocycles. The number of halogens is 3. The molecular formula is C27H28Cl3N3O4. The van der Waals surface area contributed by atoms with E-state index in [1.807, 2.05) is 0 Å². The Morgan fingerprint density at radius 3 is 2.16 bits per heavy atom. The third-order valence-electron chi connectivity index (χ3n) is 7.46. The first-order chi connectivity index (χ1) is 17.6. The summed E-state index contributed by atoms with van der Waals surface area (Å²) in [6.45, 7) is 1.80. The summed E-state index contributed by atoms with van der Waals surface area (Å²) in [5.41, 5.74) is -0.121. The van der Waals surface area contributed by atoms with Crippen molar-refractivity contribution in [2.75, 3.05) is 5.32 Å². The second-order valence-corrected chi connectivity index (χ2v) is 10.9. The number of carbonyl (C=O) groups is 3. The summed E-state index contributed by atoms with van der Waals surface area (Å²) in [6.07, 6.45) is 8.42. The van der Waals surface area contributed by atoms with Gasteiger partial charge < -0.3 is 15.7 Å². The van der Waals surface area contributed by atoms with E-state index in [1.54, 1.807) is 31.2 Å². The monoisotopic (exact) mass is 563 g/mol. The van der Waals surface area contributed by atoms with E-state index in [0.29, 0.717) is 24.2 Å². The predicted octanol–water partition coefficient (Wildman–Crippen LogP) is 6.38. The number of ketones is 1. The average Bonchev–Trinajstić information content (AvgIpc) is 3.15. The Morgan fingerprint density at radius 2 is 1.62 bits per heavy atom. The number of aromatic nitrogens is 1. The van der Waals surface area contributed by atoms with Gasteiger partial charge >= 0.3 is 5.97 Å². The quantitative estimate of drug-likeness (QED) is 0.343. The van der Waals surface area contributed by atoms with Crippen LogP contribution in [0.3, 0.4) is 0 Å². The molecule has 1 fully saturated rings. The summed E-state index contributed by atoms with van der Waals surface area (Å²) in [7, 11) is 0. The number of nitrogens with zero attached hydrogens (tertiary/aromatic N) is 1. The van der Waals surface area contributed by atoms with Crippen LogP contribution in [0.2, 0.25) is 10.0 Å². The van der Waals surface area contributed by atoms with Gasteiger partial charge in [-0.15, -0.1) is 0 Å². The average molecular weight is 565 g/mol. The fourth-order valence-corrected chi connectivity index (χ4v) is 6.17. The maximum absolute atomic E-state index is 12.8. The van der Waals surface area contributed by atoms with E-state index < -0.39 is 22.8 Å². The molecule has 1 aromatic heterocycles. The van der Waals surface area contributed by atoms with Crippen molar-refractivity contribution >= 4 is 58.1 Å². The van der Waals surface area contributed by atoms with Crippen molar-refractivity contribution < 1.29 is 19.5 Å². The van der Waals surface area contributed by atoms with Gasteiger partial charge in [-0.3, -0.25) is 14.6 Å². The van der Waals surface area contributed by atoms with Gasteiger partial charge in [-0.1, -0.05) is 79.5 Å². The predicted molar refractivity (Wildman–Crippen MR) is 144 cm³/mol. The molecular weight excluding hydrogens is 537 g/mol. The van der Waals surface area contributed by atoms with Crippen LogP contribution in [-0.2, 0) is 16.0 Å². The van der Waals surface area contributed by atoms with E-state index in [4.69, 9.17) is 34.8 Å². The fourth-order valence-electron chi connectivity index (χ4n) is 5.22. The van der Waals surface area contributed by atoms with Crippen LogP contribution in [0.4, 0.5) is 5.69 Å². The summed E-state index contributed by atoms with van der Waals surface area (Å²) in [5.74, 6) is -1.58. The number of aliphatic carboxylic acids is 1. The Balaban J connectivity index is 1.53. The van der Waals surface area contributed by atoms with Crippen LogP contribution in [0, 0.1) is 5.41 Å². The smallest absolute Gasteiger partial charge is 0.329 e. The van der Waals surface area contributed by atoms with Gasteiger partial charge in [0.2, 0.25) is 0 Å². The summed E-state index contributed by atoms with van der Waals surface area (Å²) >= 11 is 18.5. The molecule has 196 valence electrons. The second kappa shape index (κ2) is 11.0. The topological polar surface area (TPSA) is 108 Å². The molecule has 2 aliphatic carbocycles. The van der Waals surface area contributed by atoms with Gasteiger partial charge in [-0.05, 0) is 37.0 Å². The van der Waals surface area contributed by atoms with E-state index in [1.165, 1.54) is 12.4 Å². The van der Waals surface area contributed by atoms with Crippen LogP contribution in [-0.4, -0.2) is 33.3 Å². The van der Waals surface area contributed by atoms with Crippen LogP contribution in [0.1, 0.15) is 67.8 Å². The molecule has 0 unspecified atom stereocenters. The molecule has 3 N–H and O–H groups in total. The lowest BCUT2D eigenvalue weighted by Crippen LogP contribution is -2.59. The number of carbonyl (C=O) groups excluding carboxylic acids is 2. The van der Waals surface area contributed by atoms with E-state index in [2.05, 4.69) is 15.6 Å². The first-order valence-electron chi connectivity index (χ1n) is 12.3. The third-order valence-corrected chi connectivity index (χ3v) is 8.40. The highest BCUT2D eigenvalue weighted by Crippen LogP contribution is 2.52. The standard InChI is InChI=1S/C27H28Cl3N3O4/c1-2-27(25(36)37,33-22-21(30)23(34)26(22)11-5-3-4-6-12-26)13-16-7-9-17(10-8-16)32-24(35)20-18(28)14-31-15-19(20)29/h7-10,14-15,33H,2-6,11-13H2,1H3,(H,32,35)(H,36,37)/t27-/m0/s1. The van der Waals surface area contributed by atoms with Gasteiger partial charge in [0.15, 0.2) is 5.78 Å². The number of Topliss-reactive ketones (excluding diaryl/α,β-unsaturated/α-hetero) is 1.